The normalized spacial score (nSPS) is 13.3. The third-order valence-corrected chi connectivity index (χ3v) is 5.57. The largest absolute Gasteiger partial charge is 0.351 e. The number of hydrogen-bond donors (Lipinski definition) is 1. The quantitative estimate of drug-likeness (QED) is 0.569. The monoisotopic (exact) mass is 433 g/mol. The average Bonchev–Trinajstić information content (AvgIpc) is 3.23. The molecule has 0 saturated heterocycles. The molecule has 5 heteroatoms. The number of nitrogens with one attached hydrogen (secondary N) is 1. The molecule has 2 aromatic rings. The van der Waals surface area contributed by atoms with Gasteiger partial charge in [-0.15, -0.1) is 0 Å². The molecule has 170 valence electrons. The van der Waals surface area contributed by atoms with E-state index >= 15 is 0 Å². The van der Waals surface area contributed by atoms with Crippen molar-refractivity contribution in [2.24, 2.45) is 17.8 Å². The molecule has 2 amide bonds. The zero-order valence-electron chi connectivity index (χ0n) is 19.7. The van der Waals surface area contributed by atoms with E-state index in [4.69, 9.17) is 0 Å². The number of rotatable bonds is 10. The summed E-state index contributed by atoms with van der Waals surface area (Å²) in [6.45, 7) is 10.1. The molecule has 0 fully saturated rings. The molecule has 1 unspecified atom stereocenters. The Kier molecular flexibility index (Phi) is 8.20. The van der Waals surface area contributed by atoms with E-state index in [0.29, 0.717) is 37.9 Å². The lowest BCUT2D eigenvalue weighted by atomic mass is 9.96. The van der Waals surface area contributed by atoms with Gasteiger partial charge in [0, 0.05) is 32.0 Å². The number of aromatic nitrogens is 1. The topological polar surface area (TPSA) is 62.3 Å². The second kappa shape index (κ2) is 11.1. The van der Waals surface area contributed by atoms with Crippen molar-refractivity contribution in [2.75, 3.05) is 13.1 Å². The van der Waals surface area contributed by atoms with Gasteiger partial charge in [-0.1, -0.05) is 58.0 Å². The molecule has 1 aliphatic carbocycles. The standard InChI is InChI=1S/C27H35N3O2/c1-19(2)17-30(18-20(3)4)27(32)25(14-21-7-6-12-28-15-21)26(31)29-16-22-10-11-23-8-5-9-24(23)13-22/h5-7,9-13,15,19-20,25H,8,14,16-18H2,1-4H3,(H,29,31). The maximum absolute atomic E-state index is 13.6. The summed E-state index contributed by atoms with van der Waals surface area (Å²) in [4.78, 5) is 32.9. The van der Waals surface area contributed by atoms with Gasteiger partial charge in [0.25, 0.3) is 0 Å². The first-order chi connectivity index (χ1) is 15.3. The smallest absolute Gasteiger partial charge is 0.235 e. The van der Waals surface area contributed by atoms with Gasteiger partial charge in [0.2, 0.25) is 11.8 Å². The molecule has 0 saturated carbocycles. The Balaban J connectivity index is 1.76. The molecule has 1 aromatic heterocycles. The fraction of sp³-hybridized carbons (Fsp3) is 0.444. The van der Waals surface area contributed by atoms with Crippen LogP contribution in [-0.4, -0.2) is 34.8 Å². The van der Waals surface area contributed by atoms with Crippen LogP contribution in [0.15, 0.2) is 48.8 Å². The van der Waals surface area contributed by atoms with Crippen molar-refractivity contribution in [1.29, 1.82) is 0 Å². The molecular formula is C27H35N3O2. The van der Waals surface area contributed by atoms with Crippen LogP contribution in [0.3, 0.4) is 0 Å². The first-order valence-corrected chi connectivity index (χ1v) is 11.6. The number of allylic oxidation sites excluding steroid dienone is 1. The van der Waals surface area contributed by atoms with Gasteiger partial charge in [-0.3, -0.25) is 14.6 Å². The number of benzene rings is 1. The zero-order valence-corrected chi connectivity index (χ0v) is 19.7. The van der Waals surface area contributed by atoms with Gasteiger partial charge in [0.15, 0.2) is 0 Å². The highest BCUT2D eigenvalue weighted by molar-refractivity contribution is 6.00. The molecule has 1 aromatic carbocycles. The number of hydrogen-bond acceptors (Lipinski definition) is 3. The van der Waals surface area contributed by atoms with Crippen LogP contribution >= 0.6 is 0 Å². The summed E-state index contributed by atoms with van der Waals surface area (Å²) in [5.74, 6) is -0.442. The highest BCUT2D eigenvalue weighted by Gasteiger charge is 2.31. The van der Waals surface area contributed by atoms with E-state index < -0.39 is 5.92 Å². The summed E-state index contributed by atoms with van der Waals surface area (Å²) in [7, 11) is 0. The van der Waals surface area contributed by atoms with Crippen LogP contribution in [0.4, 0.5) is 0 Å². The molecule has 32 heavy (non-hydrogen) atoms. The highest BCUT2D eigenvalue weighted by Crippen LogP contribution is 2.21. The van der Waals surface area contributed by atoms with Gasteiger partial charge in [0.05, 0.1) is 0 Å². The predicted octanol–water partition coefficient (Wildman–Crippen LogP) is 4.27. The van der Waals surface area contributed by atoms with Crippen molar-refractivity contribution >= 4 is 17.9 Å². The van der Waals surface area contributed by atoms with Crippen LogP contribution in [0.25, 0.3) is 6.08 Å². The molecule has 0 aliphatic heterocycles. The van der Waals surface area contributed by atoms with E-state index in [1.165, 1.54) is 11.1 Å². The second-order valence-corrected chi connectivity index (χ2v) is 9.51. The third-order valence-electron chi connectivity index (χ3n) is 5.57. The number of pyridine rings is 1. The first kappa shape index (κ1) is 23.7. The van der Waals surface area contributed by atoms with E-state index in [2.05, 4.69) is 62.3 Å². The van der Waals surface area contributed by atoms with Crippen LogP contribution in [0.2, 0.25) is 0 Å². The highest BCUT2D eigenvalue weighted by atomic mass is 16.2. The molecule has 3 rings (SSSR count). The Labute approximate surface area is 191 Å². The maximum Gasteiger partial charge on any atom is 0.235 e. The minimum atomic E-state index is -0.772. The average molecular weight is 434 g/mol. The van der Waals surface area contributed by atoms with Crippen molar-refractivity contribution in [2.45, 2.75) is 47.1 Å². The summed E-state index contributed by atoms with van der Waals surface area (Å²) in [6.07, 6.45) is 9.00. The molecule has 0 radical (unpaired) electrons. The van der Waals surface area contributed by atoms with E-state index in [1.54, 1.807) is 12.4 Å². The Morgan fingerprint density at radius 2 is 1.81 bits per heavy atom. The number of amides is 2. The van der Waals surface area contributed by atoms with Crippen LogP contribution in [0, 0.1) is 17.8 Å². The van der Waals surface area contributed by atoms with Crippen molar-refractivity contribution in [3.05, 3.63) is 71.1 Å². The fourth-order valence-corrected chi connectivity index (χ4v) is 4.12. The predicted molar refractivity (Wildman–Crippen MR) is 129 cm³/mol. The minimum Gasteiger partial charge on any atom is -0.351 e. The molecule has 1 N–H and O–H groups in total. The van der Waals surface area contributed by atoms with E-state index in [-0.39, 0.29) is 11.8 Å². The summed E-state index contributed by atoms with van der Waals surface area (Å²) in [6, 6.07) is 10.0. The Morgan fingerprint density at radius 1 is 1.06 bits per heavy atom. The minimum absolute atomic E-state index is 0.106. The molecule has 1 aliphatic rings. The van der Waals surface area contributed by atoms with Crippen molar-refractivity contribution in [1.82, 2.24) is 15.2 Å². The van der Waals surface area contributed by atoms with Gasteiger partial charge < -0.3 is 10.2 Å². The Bertz CT molecular complexity index is 941. The lowest BCUT2D eigenvalue weighted by molar-refractivity contribution is -0.143. The van der Waals surface area contributed by atoms with Crippen molar-refractivity contribution < 1.29 is 9.59 Å². The van der Waals surface area contributed by atoms with Crippen molar-refractivity contribution in [3.63, 3.8) is 0 Å². The number of fused-ring (bicyclic) bond motifs is 1. The summed E-state index contributed by atoms with van der Waals surface area (Å²) < 4.78 is 0. The molecular weight excluding hydrogens is 398 g/mol. The van der Waals surface area contributed by atoms with Gasteiger partial charge >= 0.3 is 0 Å². The van der Waals surface area contributed by atoms with E-state index in [0.717, 1.165) is 17.5 Å². The number of nitrogens with zero attached hydrogens (tertiary/aromatic N) is 2. The van der Waals surface area contributed by atoms with Crippen LogP contribution in [0.5, 0.6) is 0 Å². The van der Waals surface area contributed by atoms with Gasteiger partial charge in [-0.05, 0) is 59.1 Å². The lowest BCUT2D eigenvalue weighted by Gasteiger charge is -2.30. The zero-order chi connectivity index (χ0) is 23.1. The summed E-state index contributed by atoms with van der Waals surface area (Å²) in [5.41, 5.74) is 4.44. The van der Waals surface area contributed by atoms with E-state index in [9.17, 15) is 9.59 Å². The van der Waals surface area contributed by atoms with Crippen LogP contribution < -0.4 is 5.32 Å². The Hall–Kier alpha value is -2.95. The summed E-state index contributed by atoms with van der Waals surface area (Å²) in [5, 5.41) is 3.02. The van der Waals surface area contributed by atoms with Crippen molar-refractivity contribution in [3.8, 4) is 0 Å². The SMILES string of the molecule is CC(C)CN(CC(C)C)C(=O)C(Cc1cccnc1)C(=O)NCc1ccc2c(c1)C=CC2. The van der Waals surface area contributed by atoms with E-state index in [1.807, 2.05) is 23.1 Å². The third kappa shape index (κ3) is 6.52. The maximum atomic E-state index is 13.6. The first-order valence-electron chi connectivity index (χ1n) is 11.6. The molecule has 5 nitrogen and oxygen atoms in total. The van der Waals surface area contributed by atoms with Gasteiger partial charge in [-0.2, -0.15) is 0 Å². The lowest BCUT2D eigenvalue weighted by Crippen LogP contribution is -2.46. The molecule has 0 bridgehead atoms. The van der Waals surface area contributed by atoms with Crippen LogP contribution in [-0.2, 0) is 29.0 Å². The molecule has 0 spiro atoms. The molecule has 1 atom stereocenters. The fourth-order valence-electron chi connectivity index (χ4n) is 4.12. The number of carbonyl (C=O) groups is 2. The second-order valence-electron chi connectivity index (χ2n) is 9.51. The van der Waals surface area contributed by atoms with Gasteiger partial charge in [0.1, 0.15) is 5.92 Å². The Morgan fingerprint density at radius 3 is 2.47 bits per heavy atom. The summed E-state index contributed by atoms with van der Waals surface area (Å²) >= 11 is 0. The van der Waals surface area contributed by atoms with Gasteiger partial charge in [-0.25, -0.2) is 0 Å². The number of carbonyl (C=O) groups excluding carboxylic acids is 2. The molecule has 1 heterocycles. The van der Waals surface area contributed by atoms with Crippen LogP contribution in [0.1, 0.15) is 49.9 Å².